The summed E-state index contributed by atoms with van der Waals surface area (Å²) < 4.78 is 0. The van der Waals surface area contributed by atoms with E-state index < -0.39 is 5.54 Å². The van der Waals surface area contributed by atoms with E-state index in [1.165, 1.54) is 0 Å². The number of nitrogens with two attached hydrogens (primary N) is 1. The first-order valence-electron chi connectivity index (χ1n) is 6.21. The smallest absolute Gasteiger partial charge is 0.223 e. The van der Waals surface area contributed by atoms with Crippen LogP contribution in [0.2, 0.25) is 10.0 Å². The molecule has 0 aliphatic heterocycles. The monoisotopic (exact) mass is 338 g/mol. The summed E-state index contributed by atoms with van der Waals surface area (Å²) in [7, 11) is 0. The van der Waals surface area contributed by atoms with E-state index >= 15 is 0 Å². The highest BCUT2D eigenvalue weighted by Crippen LogP contribution is 2.23. The van der Waals surface area contributed by atoms with Gasteiger partial charge in [-0.2, -0.15) is 0 Å². The summed E-state index contributed by atoms with van der Waals surface area (Å²) >= 11 is 11.9. The fraction of sp³-hybridized carbons (Fsp3) is 0.500. The minimum atomic E-state index is -0.394. The predicted molar refractivity (Wildman–Crippen MR) is 87.9 cm³/mol. The molecule has 0 saturated heterocycles. The summed E-state index contributed by atoms with van der Waals surface area (Å²) in [6.07, 6.45) is 0.572. The van der Waals surface area contributed by atoms with Crippen LogP contribution in [0.4, 0.5) is 0 Å². The number of nitrogens with one attached hydrogen (secondary N) is 1. The van der Waals surface area contributed by atoms with Crippen molar-refractivity contribution in [3.8, 4) is 0 Å². The quantitative estimate of drug-likeness (QED) is 0.863. The lowest BCUT2D eigenvalue weighted by atomic mass is 9.98. The van der Waals surface area contributed by atoms with Gasteiger partial charge in [0.2, 0.25) is 5.91 Å². The molecule has 0 aromatic heterocycles. The molecule has 3 nitrogen and oxygen atoms in total. The number of benzene rings is 1. The highest BCUT2D eigenvalue weighted by atomic mass is 35.5. The molecule has 0 heterocycles. The maximum atomic E-state index is 12.1. The van der Waals surface area contributed by atoms with Crippen molar-refractivity contribution in [2.45, 2.75) is 32.7 Å². The molecule has 20 heavy (non-hydrogen) atoms. The molecule has 6 heteroatoms. The summed E-state index contributed by atoms with van der Waals surface area (Å²) in [5.41, 5.74) is 6.12. The number of hydrogen-bond acceptors (Lipinski definition) is 2. The first-order chi connectivity index (χ1) is 8.75. The van der Waals surface area contributed by atoms with Crippen molar-refractivity contribution in [1.29, 1.82) is 0 Å². The lowest BCUT2D eigenvalue weighted by molar-refractivity contribution is -0.126. The van der Waals surface area contributed by atoms with Gasteiger partial charge in [-0.1, -0.05) is 36.2 Å². The van der Waals surface area contributed by atoms with Gasteiger partial charge in [-0.3, -0.25) is 4.79 Å². The number of hydrogen-bond donors (Lipinski definition) is 2. The second-order valence-electron chi connectivity index (χ2n) is 5.42. The largest absolute Gasteiger partial charge is 0.350 e. The molecule has 0 spiro atoms. The maximum absolute atomic E-state index is 12.1. The SMILES string of the molecule is CC(Cc1ccc(Cl)cc1Cl)C(=O)NC(C)(C)CN.Cl. The van der Waals surface area contributed by atoms with Crippen molar-refractivity contribution in [3.63, 3.8) is 0 Å². The van der Waals surface area contributed by atoms with E-state index in [1.54, 1.807) is 12.1 Å². The minimum absolute atomic E-state index is 0. The molecule has 0 fully saturated rings. The van der Waals surface area contributed by atoms with Crippen molar-refractivity contribution in [2.24, 2.45) is 11.7 Å². The Morgan fingerprint density at radius 1 is 1.40 bits per heavy atom. The van der Waals surface area contributed by atoms with Crippen LogP contribution in [0.3, 0.4) is 0 Å². The van der Waals surface area contributed by atoms with Crippen LogP contribution in [0.5, 0.6) is 0 Å². The molecule has 1 atom stereocenters. The van der Waals surface area contributed by atoms with Gasteiger partial charge in [0.15, 0.2) is 0 Å². The summed E-state index contributed by atoms with van der Waals surface area (Å²) in [6, 6.07) is 5.31. The topological polar surface area (TPSA) is 55.1 Å². The minimum Gasteiger partial charge on any atom is -0.350 e. The molecule has 1 rings (SSSR count). The number of amides is 1. The van der Waals surface area contributed by atoms with E-state index in [4.69, 9.17) is 28.9 Å². The molecule has 0 aliphatic carbocycles. The Kier molecular flexibility index (Phi) is 7.89. The van der Waals surface area contributed by atoms with Gasteiger partial charge in [0, 0.05) is 28.0 Å². The molecule has 0 saturated carbocycles. The summed E-state index contributed by atoms with van der Waals surface area (Å²) in [5, 5.41) is 4.10. The zero-order valence-corrected chi connectivity index (χ0v) is 14.2. The second-order valence-corrected chi connectivity index (χ2v) is 6.26. The zero-order chi connectivity index (χ0) is 14.6. The van der Waals surface area contributed by atoms with Crippen molar-refractivity contribution in [2.75, 3.05) is 6.54 Å². The van der Waals surface area contributed by atoms with Crippen molar-refractivity contribution in [3.05, 3.63) is 33.8 Å². The van der Waals surface area contributed by atoms with Crippen LogP contribution in [0.1, 0.15) is 26.3 Å². The van der Waals surface area contributed by atoms with E-state index in [0.29, 0.717) is 23.0 Å². The molecule has 0 radical (unpaired) electrons. The molecule has 1 amide bonds. The molecule has 114 valence electrons. The maximum Gasteiger partial charge on any atom is 0.223 e. The third-order valence-corrected chi connectivity index (χ3v) is 3.55. The highest BCUT2D eigenvalue weighted by molar-refractivity contribution is 6.35. The molecule has 3 N–H and O–H groups in total. The average molecular weight is 340 g/mol. The fourth-order valence-corrected chi connectivity index (χ4v) is 2.10. The predicted octanol–water partition coefficient (Wildman–Crippen LogP) is 3.45. The summed E-state index contributed by atoms with van der Waals surface area (Å²) in [5.74, 6) is -0.203. The third-order valence-electron chi connectivity index (χ3n) is 2.96. The number of halogens is 3. The Morgan fingerprint density at radius 2 is 2.00 bits per heavy atom. The van der Waals surface area contributed by atoms with Crippen LogP contribution < -0.4 is 11.1 Å². The normalized spacial score (nSPS) is 12.5. The van der Waals surface area contributed by atoms with E-state index in [1.807, 2.05) is 26.8 Å². The Labute approximate surface area is 136 Å². The Bertz CT molecular complexity index is 464. The molecule has 1 aromatic rings. The standard InChI is InChI=1S/C14H20Cl2N2O.ClH/c1-9(13(19)18-14(2,3)8-17)6-10-4-5-11(15)7-12(10)16;/h4-5,7,9H,6,8,17H2,1-3H3,(H,18,19);1H. The van der Waals surface area contributed by atoms with Gasteiger partial charge >= 0.3 is 0 Å². The second kappa shape index (κ2) is 8.08. The van der Waals surface area contributed by atoms with Gasteiger partial charge in [0.05, 0.1) is 0 Å². The summed E-state index contributed by atoms with van der Waals surface area (Å²) in [4.78, 5) is 12.1. The number of rotatable bonds is 5. The van der Waals surface area contributed by atoms with Crippen LogP contribution in [0.15, 0.2) is 18.2 Å². The van der Waals surface area contributed by atoms with Gasteiger partial charge in [0.25, 0.3) is 0 Å². The van der Waals surface area contributed by atoms with Crippen molar-refractivity contribution in [1.82, 2.24) is 5.32 Å². The number of carbonyl (C=O) groups is 1. The van der Waals surface area contributed by atoms with Crippen molar-refractivity contribution >= 4 is 41.5 Å². The van der Waals surface area contributed by atoms with Gasteiger partial charge in [0.1, 0.15) is 0 Å². The van der Waals surface area contributed by atoms with Gasteiger partial charge in [-0.05, 0) is 38.0 Å². The van der Waals surface area contributed by atoms with E-state index in [-0.39, 0.29) is 24.2 Å². The summed E-state index contributed by atoms with van der Waals surface area (Å²) in [6.45, 7) is 6.06. The lowest BCUT2D eigenvalue weighted by Gasteiger charge is -2.26. The zero-order valence-electron chi connectivity index (χ0n) is 11.9. The van der Waals surface area contributed by atoms with E-state index in [2.05, 4.69) is 5.32 Å². The lowest BCUT2D eigenvalue weighted by Crippen LogP contribution is -2.50. The molecule has 1 unspecified atom stereocenters. The first kappa shape index (κ1) is 19.5. The van der Waals surface area contributed by atoms with Crippen LogP contribution in [-0.4, -0.2) is 18.0 Å². The molecule has 0 bridgehead atoms. The average Bonchev–Trinajstić information content (AvgIpc) is 2.32. The van der Waals surface area contributed by atoms with E-state index in [0.717, 1.165) is 5.56 Å². The Hall–Kier alpha value is -0.480. The molecular weight excluding hydrogens is 319 g/mol. The van der Waals surface area contributed by atoms with E-state index in [9.17, 15) is 4.79 Å². The molecular formula is C14H21Cl3N2O. The van der Waals surface area contributed by atoms with Gasteiger partial charge in [-0.15, -0.1) is 12.4 Å². The first-order valence-corrected chi connectivity index (χ1v) is 6.97. The van der Waals surface area contributed by atoms with Crippen molar-refractivity contribution < 1.29 is 4.79 Å². The van der Waals surface area contributed by atoms with Crippen LogP contribution in [0.25, 0.3) is 0 Å². The Balaban J connectivity index is 0.00000361. The molecule has 0 aliphatic rings. The third kappa shape index (κ3) is 5.88. The number of carbonyl (C=O) groups excluding carboxylic acids is 1. The van der Waals surface area contributed by atoms with Crippen LogP contribution in [0, 0.1) is 5.92 Å². The van der Waals surface area contributed by atoms with Gasteiger partial charge in [-0.25, -0.2) is 0 Å². The highest BCUT2D eigenvalue weighted by Gasteiger charge is 2.22. The van der Waals surface area contributed by atoms with Crippen LogP contribution in [-0.2, 0) is 11.2 Å². The molecule has 1 aromatic carbocycles. The fourth-order valence-electron chi connectivity index (χ4n) is 1.62. The van der Waals surface area contributed by atoms with Crippen LogP contribution >= 0.6 is 35.6 Å². The van der Waals surface area contributed by atoms with Gasteiger partial charge < -0.3 is 11.1 Å². The Morgan fingerprint density at radius 3 is 2.50 bits per heavy atom.